The molecule has 11 heteroatoms. The van der Waals surface area contributed by atoms with Gasteiger partial charge in [-0.2, -0.15) is 0 Å². The van der Waals surface area contributed by atoms with Crippen molar-refractivity contribution in [3.8, 4) is 0 Å². The second-order valence-corrected chi connectivity index (χ2v) is 11.0. The van der Waals surface area contributed by atoms with E-state index in [-0.39, 0.29) is 30.6 Å². The summed E-state index contributed by atoms with van der Waals surface area (Å²) in [6.45, 7) is 3.81. The lowest BCUT2D eigenvalue weighted by Gasteiger charge is -2.23. The number of carbonyl (C=O) groups is 4. The number of nitrogens with one attached hydrogen (secondary N) is 2. The van der Waals surface area contributed by atoms with E-state index in [4.69, 9.17) is 17.3 Å². The Morgan fingerprint density at radius 1 is 1.10 bits per heavy atom. The highest BCUT2D eigenvalue weighted by molar-refractivity contribution is 6.31. The van der Waals surface area contributed by atoms with Crippen LogP contribution < -0.4 is 11.1 Å². The van der Waals surface area contributed by atoms with Gasteiger partial charge < -0.3 is 25.8 Å². The Balaban J connectivity index is 1.35. The van der Waals surface area contributed by atoms with Crippen molar-refractivity contribution in [1.29, 1.82) is 0 Å². The summed E-state index contributed by atoms with van der Waals surface area (Å²) in [4.78, 5) is 62.4. The maximum absolute atomic E-state index is 13.4. The van der Waals surface area contributed by atoms with Crippen LogP contribution >= 0.6 is 11.6 Å². The number of benzene rings is 2. The molecule has 2 saturated heterocycles. The van der Waals surface area contributed by atoms with Crippen LogP contribution in [-0.2, 0) is 9.59 Å². The molecule has 5 rings (SSSR count). The number of imidazole rings is 1. The van der Waals surface area contributed by atoms with Gasteiger partial charge in [-0.05, 0) is 81.0 Å². The van der Waals surface area contributed by atoms with E-state index < -0.39 is 18.0 Å². The van der Waals surface area contributed by atoms with Crippen LogP contribution in [0.15, 0.2) is 36.4 Å². The number of H-pyrrole nitrogens is 1. The van der Waals surface area contributed by atoms with Crippen LogP contribution in [0.5, 0.6) is 0 Å². The Hall–Kier alpha value is -3.92. The number of primary amides is 1. The SMILES string of the molecule is Cc1cc(C(=O)N[C@@H](CCC(=O)N2CCCC2C(N)=O)c2nc3ccc(Cl)cc3[nH]2)ccc1C(=O)N1CCCC1. The van der Waals surface area contributed by atoms with E-state index in [1.54, 1.807) is 36.4 Å². The molecule has 210 valence electrons. The summed E-state index contributed by atoms with van der Waals surface area (Å²) in [5, 5.41) is 3.56. The molecule has 3 heterocycles. The normalized spacial score (nSPS) is 17.8. The molecule has 2 atom stereocenters. The zero-order chi connectivity index (χ0) is 28.4. The quantitative estimate of drug-likeness (QED) is 0.384. The van der Waals surface area contributed by atoms with E-state index in [1.165, 1.54) is 4.90 Å². The van der Waals surface area contributed by atoms with E-state index in [2.05, 4.69) is 15.3 Å². The molecule has 4 amide bonds. The van der Waals surface area contributed by atoms with E-state index in [0.29, 0.717) is 46.0 Å². The van der Waals surface area contributed by atoms with E-state index in [1.807, 2.05) is 11.8 Å². The number of amides is 4. The van der Waals surface area contributed by atoms with Crippen LogP contribution in [0.1, 0.15) is 76.7 Å². The number of aromatic nitrogens is 2. The minimum absolute atomic E-state index is 0.0181. The van der Waals surface area contributed by atoms with Crippen LogP contribution in [0.25, 0.3) is 11.0 Å². The Morgan fingerprint density at radius 3 is 2.60 bits per heavy atom. The lowest BCUT2D eigenvalue weighted by atomic mass is 10.0. The molecule has 0 radical (unpaired) electrons. The molecular weight excluding hydrogens is 532 g/mol. The number of carbonyl (C=O) groups excluding carboxylic acids is 4. The lowest BCUT2D eigenvalue weighted by Crippen LogP contribution is -2.44. The zero-order valence-corrected chi connectivity index (χ0v) is 23.2. The first-order chi connectivity index (χ1) is 19.2. The molecule has 10 nitrogen and oxygen atoms in total. The molecule has 2 aromatic carbocycles. The van der Waals surface area contributed by atoms with Gasteiger partial charge in [0.1, 0.15) is 11.9 Å². The third-order valence-electron chi connectivity index (χ3n) is 7.76. The van der Waals surface area contributed by atoms with Crippen LogP contribution in [0.2, 0.25) is 5.02 Å². The molecule has 0 spiro atoms. The van der Waals surface area contributed by atoms with Crippen molar-refractivity contribution in [1.82, 2.24) is 25.1 Å². The highest BCUT2D eigenvalue weighted by Gasteiger charge is 2.33. The highest BCUT2D eigenvalue weighted by Crippen LogP contribution is 2.25. The Kier molecular flexibility index (Phi) is 8.07. The van der Waals surface area contributed by atoms with Crippen molar-refractivity contribution >= 4 is 46.3 Å². The Bertz CT molecular complexity index is 1460. The first kappa shape index (κ1) is 27.6. The molecule has 3 aromatic rings. The highest BCUT2D eigenvalue weighted by atomic mass is 35.5. The minimum Gasteiger partial charge on any atom is -0.368 e. The number of rotatable bonds is 8. The van der Waals surface area contributed by atoms with Crippen LogP contribution in [0, 0.1) is 6.92 Å². The summed E-state index contributed by atoms with van der Waals surface area (Å²) >= 11 is 6.15. The first-order valence-electron chi connectivity index (χ1n) is 13.7. The zero-order valence-electron chi connectivity index (χ0n) is 22.4. The number of halogens is 1. The predicted octanol–water partition coefficient (Wildman–Crippen LogP) is 3.49. The third-order valence-corrected chi connectivity index (χ3v) is 7.99. The summed E-state index contributed by atoms with van der Waals surface area (Å²) in [5.74, 6) is -0.582. The second-order valence-electron chi connectivity index (χ2n) is 10.5. The van der Waals surface area contributed by atoms with Gasteiger partial charge in [-0.1, -0.05) is 11.6 Å². The summed E-state index contributed by atoms with van der Waals surface area (Å²) in [6.07, 6.45) is 3.63. The molecule has 1 unspecified atom stereocenters. The molecule has 2 aliphatic rings. The monoisotopic (exact) mass is 564 g/mol. The summed E-state index contributed by atoms with van der Waals surface area (Å²) in [7, 11) is 0. The average Bonchev–Trinajstić information content (AvgIpc) is 3.70. The van der Waals surface area contributed by atoms with Crippen LogP contribution in [0.3, 0.4) is 0 Å². The van der Waals surface area contributed by atoms with Gasteiger partial charge in [0, 0.05) is 42.2 Å². The number of likely N-dealkylation sites (tertiary alicyclic amines) is 2. The minimum atomic E-state index is -0.622. The molecule has 0 saturated carbocycles. The van der Waals surface area contributed by atoms with Gasteiger partial charge in [-0.3, -0.25) is 19.2 Å². The number of hydrogen-bond donors (Lipinski definition) is 3. The molecule has 4 N–H and O–H groups in total. The fourth-order valence-electron chi connectivity index (χ4n) is 5.59. The van der Waals surface area contributed by atoms with Crippen molar-refractivity contribution in [2.45, 2.75) is 57.5 Å². The number of aryl methyl sites for hydroxylation is 1. The molecule has 2 aliphatic heterocycles. The lowest BCUT2D eigenvalue weighted by molar-refractivity contribution is -0.137. The van der Waals surface area contributed by atoms with Gasteiger partial charge in [0.25, 0.3) is 11.8 Å². The molecule has 0 aliphatic carbocycles. The Morgan fingerprint density at radius 2 is 1.88 bits per heavy atom. The van der Waals surface area contributed by atoms with Crippen LogP contribution in [-0.4, -0.2) is 69.1 Å². The maximum Gasteiger partial charge on any atom is 0.254 e. The predicted molar refractivity (Wildman–Crippen MR) is 151 cm³/mol. The fourth-order valence-corrected chi connectivity index (χ4v) is 5.77. The summed E-state index contributed by atoms with van der Waals surface area (Å²) in [5.41, 5.74) is 8.60. The van der Waals surface area contributed by atoms with Gasteiger partial charge in [0.05, 0.1) is 17.1 Å². The van der Waals surface area contributed by atoms with Crippen molar-refractivity contribution in [2.24, 2.45) is 5.73 Å². The van der Waals surface area contributed by atoms with Gasteiger partial charge in [-0.25, -0.2) is 4.98 Å². The van der Waals surface area contributed by atoms with E-state index >= 15 is 0 Å². The number of aromatic amines is 1. The van der Waals surface area contributed by atoms with E-state index in [0.717, 1.165) is 37.9 Å². The van der Waals surface area contributed by atoms with Crippen molar-refractivity contribution in [3.05, 3.63) is 63.9 Å². The van der Waals surface area contributed by atoms with Crippen molar-refractivity contribution in [2.75, 3.05) is 19.6 Å². The summed E-state index contributed by atoms with van der Waals surface area (Å²) < 4.78 is 0. The molecule has 40 heavy (non-hydrogen) atoms. The number of fused-ring (bicyclic) bond motifs is 1. The number of nitrogens with zero attached hydrogens (tertiary/aromatic N) is 3. The second kappa shape index (κ2) is 11.7. The number of nitrogens with two attached hydrogens (primary N) is 1. The van der Waals surface area contributed by atoms with Gasteiger partial charge >= 0.3 is 0 Å². The van der Waals surface area contributed by atoms with Crippen molar-refractivity contribution in [3.63, 3.8) is 0 Å². The maximum atomic E-state index is 13.4. The largest absolute Gasteiger partial charge is 0.368 e. The molecule has 0 bridgehead atoms. The van der Waals surface area contributed by atoms with Crippen molar-refractivity contribution < 1.29 is 19.2 Å². The van der Waals surface area contributed by atoms with Crippen LogP contribution in [0.4, 0.5) is 0 Å². The number of hydrogen-bond acceptors (Lipinski definition) is 5. The van der Waals surface area contributed by atoms with Gasteiger partial charge in [0.15, 0.2) is 0 Å². The fraction of sp³-hybridized carbons (Fsp3) is 0.414. The standard InChI is InChI=1S/C29H33ClN6O4/c1-17-15-18(6-8-20(17)29(40)35-12-2-3-13-35)28(39)34-22(27-32-21-9-7-19(30)16-23(21)33-27)10-11-25(37)36-14-4-5-24(36)26(31)38/h6-9,15-16,22,24H,2-5,10-14H2,1H3,(H2,31,38)(H,32,33)(H,34,39)/t22-,24?/m0/s1. The van der Waals surface area contributed by atoms with E-state index in [9.17, 15) is 19.2 Å². The Labute approximate surface area is 237 Å². The third kappa shape index (κ3) is 5.82. The smallest absolute Gasteiger partial charge is 0.254 e. The van der Waals surface area contributed by atoms with Gasteiger partial charge in [0.2, 0.25) is 11.8 Å². The molecule has 1 aromatic heterocycles. The summed E-state index contributed by atoms with van der Waals surface area (Å²) in [6, 6.07) is 9.10. The first-order valence-corrected chi connectivity index (χ1v) is 14.0. The average molecular weight is 565 g/mol. The molecule has 2 fully saturated rings. The topological polar surface area (TPSA) is 141 Å². The van der Waals surface area contributed by atoms with Gasteiger partial charge in [-0.15, -0.1) is 0 Å². The molecular formula is C29H33ClN6O4.